The monoisotopic (exact) mass is 450 g/mol. The number of benzene rings is 2. The van der Waals surface area contributed by atoms with Gasteiger partial charge in [0.1, 0.15) is 23.5 Å². The van der Waals surface area contributed by atoms with Crippen LogP contribution in [0.3, 0.4) is 0 Å². The number of halogens is 1. The van der Waals surface area contributed by atoms with E-state index in [9.17, 15) is 4.79 Å². The van der Waals surface area contributed by atoms with Crippen LogP contribution in [0, 0.1) is 0 Å². The summed E-state index contributed by atoms with van der Waals surface area (Å²) < 4.78 is 16.1. The fourth-order valence-corrected chi connectivity index (χ4v) is 3.31. The summed E-state index contributed by atoms with van der Waals surface area (Å²) in [6.45, 7) is 0. The summed E-state index contributed by atoms with van der Waals surface area (Å²) in [5.41, 5.74) is 3.12. The molecule has 2 aromatic heterocycles. The summed E-state index contributed by atoms with van der Waals surface area (Å²) in [6, 6.07) is 14.1. The SMILES string of the molecule is COc1cc(CC(=O)Nc2onc(-c3ccc(Cl)cc3)c2-c2ccncn2)cc(OC)c1. The van der Waals surface area contributed by atoms with Gasteiger partial charge in [-0.1, -0.05) is 28.9 Å². The number of nitrogens with zero attached hydrogens (tertiary/aromatic N) is 3. The Bertz CT molecular complexity index is 1200. The standard InChI is InChI=1S/C23H19ClN4O4/c1-30-17-9-14(10-18(12-17)31-2)11-20(29)27-23-21(19-7-8-25-13-26-19)22(28-32-23)15-3-5-16(24)6-4-15/h3-10,12-13H,11H2,1-2H3,(H,27,29). The summed E-state index contributed by atoms with van der Waals surface area (Å²) in [6.07, 6.45) is 3.10. The number of hydrogen-bond acceptors (Lipinski definition) is 7. The lowest BCUT2D eigenvalue weighted by Crippen LogP contribution is -2.14. The molecule has 162 valence electrons. The maximum Gasteiger partial charge on any atom is 0.241 e. The number of ether oxygens (including phenoxy) is 2. The van der Waals surface area contributed by atoms with Crippen LogP contribution < -0.4 is 14.8 Å². The lowest BCUT2D eigenvalue weighted by Gasteiger charge is -2.09. The Hall–Kier alpha value is -3.91. The number of amides is 1. The molecule has 1 N–H and O–H groups in total. The normalized spacial score (nSPS) is 10.6. The molecule has 0 aliphatic heterocycles. The van der Waals surface area contributed by atoms with E-state index in [1.54, 1.807) is 56.8 Å². The van der Waals surface area contributed by atoms with Crippen molar-refractivity contribution in [2.75, 3.05) is 19.5 Å². The number of hydrogen-bond donors (Lipinski definition) is 1. The molecule has 4 rings (SSSR count). The Balaban J connectivity index is 1.65. The smallest absolute Gasteiger partial charge is 0.241 e. The van der Waals surface area contributed by atoms with Gasteiger partial charge in [0.2, 0.25) is 11.8 Å². The van der Waals surface area contributed by atoms with Crippen molar-refractivity contribution in [2.24, 2.45) is 0 Å². The van der Waals surface area contributed by atoms with Gasteiger partial charge in [-0.2, -0.15) is 0 Å². The number of rotatable bonds is 7. The van der Waals surface area contributed by atoms with Crippen molar-refractivity contribution in [1.82, 2.24) is 15.1 Å². The van der Waals surface area contributed by atoms with Gasteiger partial charge in [-0.3, -0.25) is 10.1 Å². The molecule has 0 atom stereocenters. The predicted molar refractivity (Wildman–Crippen MR) is 120 cm³/mol. The first-order chi connectivity index (χ1) is 15.6. The third-order valence-corrected chi connectivity index (χ3v) is 4.93. The minimum atomic E-state index is -0.297. The van der Waals surface area contributed by atoms with Crippen molar-refractivity contribution >= 4 is 23.4 Å². The molecule has 0 unspecified atom stereocenters. The van der Waals surface area contributed by atoms with E-state index in [1.807, 2.05) is 12.1 Å². The molecule has 0 saturated carbocycles. The van der Waals surface area contributed by atoms with Crippen LogP contribution in [0.2, 0.25) is 5.02 Å². The van der Waals surface area contributed by atoms with Crippen LogP contribution in [0.15, 0.2) is 65.6 Å². The van der Waals surface area contributed by atoms with Crippen LogP contribution in [0.1, 0.15) is 5.56 Å². The highest BCUT2D eigenvalue weighted by Gasteiger charge is 2.22. The fourth-order valence-electron chi connectivity index (χ4n) is 3.18. The molecule has 32 heavy (non-hydrogen) atoms. The minimum absolute atomic E-state index is 0.0771. The van der Waals surface area contributed by atoms with E-state index in [-0.39, 0.29) is 18.2 Å². The second kappa shape index (κ2) is 9.49. The lowest BCUT2D eigenvalue weighted by atomic mass is 10.0. The quantitative estimate of drug-likeness (QED) is 0.437. The van der Waals surface area contributed by atoms with Crippen molar-refractivity contribution in [3.05, 3.63) is 71.6 Å². The molecule has 0 saturated heterocycles. The third kappa shape index (κ3) is 4.70. The number of nitrogens with one attached hydrogen (secondary N) is 1. The average molecular weight is 451 g/mol. The predicted octanol–water partition coefficient (Wildman–Crippen LogP) is 4.65. The number of anilines is 1. The van der Waals surface area contributed by atoms with Crippen LogP contribution in [-0.4, -0.2) is 35.3 Å². The summed E-state index contributed by atoms with van der Waals surface area (Å²) in [7, 11) is 3.11. The molecule has 1 amide bonds. The van der Waals surface area contributed by atoms with Gasteiger partial charge in [-0.15, -0.1) is 0 Å². The maximum absolute atomic E-state index is 12.8. The fraction of sp³-hybridized carbons (Fsp3) is 0.130. The number of aromatic nitrogens is 3. The van der Waals surface area contributed by atoms with Crippen molar-refractivity contribution in [3.63, 3.8) is 0 Å². The van der Waals surface area contributed by atoms with E-state index < -0.39 is 0 Å². The van der Waals surface area contributed by atoms with Crippen molar-refractivity contribution in [2.45, 2.75) is 6.42 Å². The molecule has 4 aromatic rings. The van der Waals surface area contributed by atoms with Gasteiger partial charge in [0.05, 0.1) is 31.9 Å². The van der Waals surface area contributed by atoms with Gasteiger partial charge < -0.3 is 14.0 Å². The Kier molecular flexibility index (Phi) is 6.32. The van der Waals surface area contributed by atoms with Gasteiger partial charge >= 0.3 is 0 Å². The molecule has 0 bridgehead atoms. The van der Waals surface area contributed by atoms with E-state index in [2.05, 4.69) is 20.4 Å². The molecule has 0 aliphatic rings. The first-order valence-electron chi connectivity index (χ1n) is 9.61. The molecular weight excluding hydrogens is 432 g/mol. The molecular formula is C23H19ClN4O4. The maximum atomic E-state index is 12.8. The Labute approximate surface area is 189 Å². The molecule has 8 nitrogen and oxygen atoms in total. The summed E-state index contributed by atoms with van der Waals surface area (Å²) in [5, 5.41) is 7.57. The van der Waals surface area contributed by atoms with Gasteiger partial charge in [-0.05, 0) is 35.9 Å². The van der Waals surface area contributed by atoms with Crippen LogP contribution in [-0.2, 0) is 11.2 Å². The third-order valence-electron chi connectivity index (χ3n) is 4.68. The topological polar surface area (TPSA) is 99.4 Å². The van der Waals surface area contributed by atoms with Crippen molar-refractivity contribution in [1.29, 1.82) is 0 Å². The highest BCUT2D eigenvalue weighted by atomic mass is 35.5. The van der Waals surface area contributed by atoms with E-state index in [0.717, 1.165) is 11.1 Å². The van der Waals surface area contributed by atoms with E-state index in [0.29, 0.717) is 33.5 Å². The zero-order valence-corrected chi connectivity index (χ0v) is 18.1. The summed E-state index contributed by atoms with van der Waals surface area (Å²) >= 11 is 6.01. The number of carbonyl (C=O) groups is 1. The van der Waals surface area contributed by atoms with Crippen LogP contribution in [0.4, 0.5) is 5.88 Å². The Morgan fingerprint density at radius 2 is 1.78 bits per heavy atom. The van der Waals surface area contributed by atoms with Gasteiger partial charge in [0.25, 0.3) is 0 Å². The molecule has 0 spiro atoms. The van der Waals surface area contributed by atoms with Crippen LogP contribution in [0.25, 0.3) is 22.5 Å². The molecule has 2 aromatic carbocycles. The van der Waals surface area contributed by atoms with Crippen molar-refractivity contribution in [3.8, 4) is 34.0 Å². The zero-order chi connectivity index (χ0) is 22.5. The minimum Gasteiger partial charge on any atom is -0.497 e. The molecule has 0 aliphatic carbocycles. The lowest BCUT2D eigenvalue weighted by molar-refractivity contribution is -0.115. The van der Waals surface area contributed by atoms with Gasteiger partial charge in [0.15, 0.2) is 0 Å². The molecule has 0 fully saturated rings. The molecule has 2 heterocycles. The first-order valence-corrected chi connectivity index (χ1v) is 9.99. The first kappa shape index (κ1) is 21.3. The number of carbonyl (C=O) groups excluding carboxylic acids is 1. The largest absolute Gasteiger partial charge is 0.497 e. The summed E-state index contributed by atoms with van der Waals surface area (Å²) in [4.78, 5) is 21.1. The highest BCUT2D eigenvalue weighted by Crippen LogP contribution is 2.37. The number of methoxy groups -OCH3 is 2. The highest BCUT2D eigenvalue weighted by molar-refractivity contribution is 6.30. The van der Waals surface area contributed by atoms with E-state index in [4.69, 9.17) is 25.6 Å². The molecule has 9 heteroatoms. The van der Waals surface area contributed by atoms with E-state index in [1.165, 1.54) is 6.33 Å². The molecule has 0 radical (unpaired) electrons. The Morgan fingerprint density at radius 3 is 2.41 bits per heavy atom. The van der Waals surface area contributed by atoms with Crippen molar-refractivity contribution < 1.29 is 18.8 Å². The Morgan fingerprint density at radius 1 is 1.06 bits per heavy atom. The van der Waals surface area contributed by atoms with Crippen LogP contribution >= 0.6 is 11.6 Å². The second-order valence-electron chi connectivity index (χ2n) is 6.78. The second-order valence-corrected chi connectivity index (χ2v) is 7.22. The summed E-state index contributed by atoms with van der Waals surface area (Å²) in [5.74, 6) is 1.08. The van der Waals surface area contributed by atoms with Gasteiger partial charge in [0, 0.05) is 22.8 Å². The average Bonchev–Trinajstić information content (AvgIpc) is 3.23. The zero-order valence-electron chi connectivity index (χ0n) is 17.3. The van der Waals surface area contributed by atoms with E-state index >= 15 is 0 Å². The van der Waals surface area contributed by atoms with Crippen LogP contribution in [0.5, 0.6) is 11.5 Å². The van der Waals surface area contributed by atoms with Gasteiger partial charge in [-0.25, -0.2) is 9.97 Å².